The molecule has 2 N–H and O–H groups in total. The van der Waals surface area contributed by atoms with Crippen LogP contribution in [0.1, 0.15) is 22.0 Å². The monoisotopic (exact) mass is 436 g/mol. The van der Waals surface area contributed by atoms with Crippen molar-refractivity contribution < 1.29 is 24.7 Å². The molecule has 1 unspecified atom stereocenters. The maximum atomic E-state index is 13.0. The highest BCUT2D eigenvalue weighted by Gasteiger charge is 2.48. The number of hydrogen-bond acceptors (Lipinski definition) is 7. The second kappa shape index (κ2) is 7.69. The molecule has 0 aliphatic carbocycles. The molecule has 1 fully saturated rings. The Morgan fingerprint density at radius 1 is 1.13 bits per heavy atom. The number of aliphatic hydroxyl groups excluding tert-OH is 1. The highest BCUT2D eigenvalue weighted by Crippen LogP contribution is 2.46. The van der Waals surface area contributed by atoms with E-state index < -0.39 is 28.4 Å². The summed E-state index contributed by atoms with van der Waals surface area (Å²) in [6.45, 7) is 1.81. The summed E-state index contributed by atoms with van der Waals surface area (Å²) in [5.41, 5.74) is 0.508. The Balaban J connectivity index is 1.98. The number of para-hydroxylation sites is 2. The van der Waals surface area contributed by atoms with E-state index in [2.05, 4.69) is 0 Å². The van der Waals surface area contributed by atoms with Crippen LogP contribution in [0.25, 0.3) is 5.76 Å². The molecule has 4 rings (SSSR count). The number of amides is 1. The van der Waals surface area contributed by atoms with Crippen molar-refractivity contribution in [2.45, 2.75) is 13.0 Å². The van der Waals surface area contributed by atoms with Crippen molar-refractivity contribution in [3.63, 3.8) is 0 Å². The van der Waals surface area contributed by atoms with E-state index in [-0.39, 0.29) is 28.3 Å². The SMILES string of the molecule is Cc1ccsc1C1/C(=C(/O)c2cccc([N+](=O)[O-])c2)C(=O)C(=O)N1c1ccccc1O. The smallest absolute Gasteiger partial charge is 0.300 e. The normalized spacial score (nSPS) is 17.8. The third kappa shape index (κ3) is 3.34. The number of phenols is 1. The van der Waals surface area contributed by atoms with E-state index in [1.807, 2.05) is 13.0 Å². The van der Waals surface area contributed by atoms with E-state index in [1.165, 1.54) is 41.7 Å². The van der Waals surface area contributed by atoms with Crippen LogP contribution >= 0.6 is 11.3 Å². The van der Waals surface area contributed by atoms with Crippen molar-refractivity contribution >= 4 is 40.2 Å². The van der Waals surface area contributed by atoms with Crippen molar-refractivity contribution in [2.24, 2.45) is 0 Å². The largest absolute Gasteiger partial charge is 0.507 e. The van der Waals surface area contributed by atoms with Gasteiger partial charge in [0.15, 0.2) is 0 Å². The van der Waals surface area contributed by atoms with Crippen molar-refractivity contribution in [1.29, 1.82) is 0 Å². The third-order valence-electron chi connectivity index (χ3n) is 5.07. The number of aromatic hydroxyl groups is 1. The van der Waals surface area contributed by atoms with Gasteiger partial charge in [0.2, 0.25) is 0 Å². The number of aliphatic hydroxyl groups is 1. The summed E-state index contributed by atoms with van der Waals surface area (Å²) in [5.74, 6) is -2.56. The molecule has 0 saturated carbocycles. The molecular weight excluding hydrogens is 420 g/mol. The summed E-state index contributed by atoms with van der Waals surface area (Å²) in [5, 5.41) is 34.3. The maximum absolute atomic E-state index is 13.0. The van der Waals surface area contributed by atoms with Crippen LogP contribution in [0.3, 0.4) is 0 Å². The van der Waals surface area contributed by atoms with E-state index in [0.717, 1.165) is 16.5 Å². The van der Waals surface area contributed by atoms with Crippen LogP contribution in [-0.4, -0.2) is 26.8 Å². The van der Waals surface area contributed by atoms with Crippen LogP contribution in [-0.2, 0) is 9.59 Å². The third-order valence-corrected chi connectivity index (χ3v) is 6.14. The zero-order valence-corrected chi connectivity index (χ0v) is 17.0. The minimum absolute atomic E-state index is 0.0451. The molecular formula is C22H16N2O6S. The lowest BCUT2D eigenvalue weighted by atomic mass is 9.98. The van der Waals surface area contributed by atoms with Crippen molar-refractivity contribution in [1.82, 2.24) is 0 Å². The second-order valence-corrected chi connectivity index (χ2v) is 7.88. The topological polar surface area (TPSA) is 121 Å². The molecule has 3 aromatic rings. The van der Waals surface area contributed by atoms with Gasteiger partial charge in [0.1, 0.15) is 17.6 Å². The second-order valence-electron chi connectivity index (χ2n) is 6.93. The number of benzene rings is 2. The average Bonchev–Trinajstić information content (AvgIpc) is 3.29. The number of rotatable bonds is 4. The van der Waals surface area contributed by atoms with E-state index in [4.69, 9.17) is 0 Å². The first-order chi connectivity index (χ1) is 14.8. The number of thiophene rings is 1. The predicted molar refractivity (Wildman–Crippen MR) is 115 cm³/mol. The molecule has 1 atom stereocenters. The Hall–Kier alpha value is -3.98. The van der Waals surface area contributed by atoms with Crippen LogP contribution in [0.5, 0.6) is 5.75 Å². The van der Waals surface area contributed by atoms with Gasteiger partial charge in [-0.05, 0) is 36.1 Å². The van der Waals surface area contributed by atoms with Crippen LogP contribution < -0.4 is 4.90 Å². The van der Waals surface area contributed by atoms with Crippen LogP contribution in [0.4, 0.5) is 11.4 Å². The first-order valence-electron chi connectivity index (χ1n) is 9.19. The van der Waals surface area contributed by atoms with Crippen LogP contribution in [0.15, 0.2) is 65.6 Å². The van der Waals surface area contributed by atoms with E-state index in [1.54, 1.807) is 17.5 Å². The Kier molecular flexibility index (Phi) is 5.04. The van der Waals surface area contributed by atoms with E-state index in [0.29, 0.717) is 4.88 Å². The molecule has 2 aromatic carbocycles. The van der Waals surface area contributed by atoms with Crippen LogP contribution in [0.2, 0.25) is 0 Å². The fourth-order valence-corrected chi connectivity index (χ4v) is 4.61. The van der Waals surface area contributed by atoms with E-state index in [9.17, 15) is 29.9 Å². The lowest BCUT2D eigenvalue weighted by Crippen LogP contribution is -2.29. The summed E-state index contributed by atoms with van der Waals surface area (Å²) in [6.07, 6.45) is 0. The Bertz CT molecular complexity index is 1260. The molecule has 1 saturated heterocycles. The van der Waals surface area contributed by atoms with Gasteiger partial charge in [-0.2, -0.15) is 0 Å². The molecule has 156 valence electrons. The van der Waals surface area contributed by atoms with Gasteiger partial charge in [0, 0.05) is 22.6 Å². The number of carbonyl (C=O) groups is 2. The highest BCUT2D eigenvalue weighted by atomic mass is 32.1. The van der Waals surface area contributed by atoms with Crippen molar-refractivity contribution in [2.75, 3.05) is 4.90 Å². The average molecular weight is 436 g/mol. The van der Waals surface area contributed by atoms with Crippen LogP contribution in [0, 0.1) is 17.0 Å². The number of carbonyl (C=O) groups excluding carboxylic acids is 2. The predicted octanol–water partition coefficient (Wildman–Crippen LogP) is 4.30. The molecule has 0 bridgehead atoms. The van der Waals surface area contributed by atoms with Gasteiger partial charge in [-0.15, -0.1) is 11.3 Å². The number of nitrogens with zero attached hydrogens (tertiary/aromatic N) is 2. The molecule has 8 nitrogen and oxygen atoms in total. The maximum Gasteiger partial charge on any atom is 0.300 e. The zero-order chi connectivity index (χ0) is 22.3. The number of nitro benzene ring substituents is 1. The van der Waals surface area contributed by atoms with Gasteiger partial charge >= 0.3 is 0 Å². The lowest BCUT2D eigenvalue weighted by molar-refractivity contribution is -0.384. The summed E-state index contributed by atoms with van der Waals surface area (Å²) >= 11 is 1.30. The molecule has 1 amide bonds. The van der Waals surface area contributed by atoms with Gasteiger partial charge in [-0.25, -0.2) is 0 Å². The molecule has 0 spiro atoms. The quantitative estimate of drug-likeness (QED) is 0.207. The number of aryl methyl sites for hydroxylation is 1. The van der Waals surface area contributed by atoms with Crippen molar-refractivity contribution in [3.05, 3.63) is 91.7 Å². The number of anilines is 1. The molecule has 1 aromatic heterocycles. The molecule has 1 aliphatic heterocycles. The van der Waals surface area contributed by atoms with Gasteiger partial charge in [-0.3, -0.25) is 24.6 Å². The number of non-ortho nitro benzene ring substituents is 1. The minimum Gasteiger partial charge on any atom is -0.507 e. The molecule has 9 heteroatoms. The molecule has 2 heterocycles. The molecule has 1 aliphatic rings. The number of phenolic OH excluding ortho intramolecular Hbond substituents is 1. The number of nitro groups is 1. The summed E-state index contributed by atoms with van der Waals surface area (Å²) in [4.78, 5) is 38.4. The molecule has 31 heavy (non-hydrogen) atoms. The standard InChI is InChI=1S/C22H16N2O6S/c1-12-9-10-31-21(12)18-17(19(26)13-5-4-6-14(11-13)24(29)30)20(27)22(28)23(18)15-7-2-3-8-16(15)25/h2-11,18,25-26H,1H3/b19-17-. The summed E-state index contributed by atoms with van der Waals surface area (Å²) < 4.78 is 0. The highest BCUT2D eigenvalue weighted by molar-refractivity contribution is 7.10. The Labute approximate surface area is 180 Å². The summed E-state index contributed by atoms with van der Waals surface area (Å²) in [7, 11) is 0. The Morgan fingerprint density at radius 3 is 2.52 bits per heavy atom. The fourth-order valence-electron chi connectivity index (χ4n) is 3.58. The van der Waals surface area contributed by atoms with E-state index >= 15 is 0 Å². The van der Waals surface area contributed by atoms with Crippen molar-refractivity contribution in [3.8, 4) is 5.75 Å². The fraction of sp³-hybridized carbons (Fsp3) is 0.0909. The van der Waals surface area contributed by atoms with Gasteiger partial charge in [-0.1, -0.05) is 24.3 Å². The van der Waals surface area contributed by atoms with Gasteiger partial charge < -0.3 is 10.2 Å². The first kappa shape index (κ1) is 20.3. The van der Waals surface area contributed by atoms with Gasteiger partial charge in [0.25, 0.3) is 17.4 Å². The number of ketones is 1. The minimum atomic E-state index is -0.993. The summed E-state index contributed by atoms with van der Waals surface area (Å²) in [6, 6.07) is 12.1. The van der Waals surface area contributed by atoms with Gasteiger partial charge in [0.05, 0.1) is 16.2 Å². The Morgan fingerprint density at radius 2 is 1.87 bits per heavy atom. The first-order valence-corrected chi connectivity index (χ1v) is 10.1. The number of Topliss-reactive ketones (excluding diaryl/α,β-unsaturated/α-hetero) is 1. The zero-order valence-electron chi connectivity index (χ0n) is 16.2. The molecule has 0 radical (unpaired) electrons. The lowest BCUT2D eigenvalue weighted by Gasteiger charge is -2.25. The number of hydrogen-bond donors (Lipinski definition) is 2.